The monoisotopic (exact) mass is 248 g/mol. The molecular weight excluding hydrogens is 236 g/mol. The number of carbonyl (C=O) groups is 1. The van der Waals surface area contributed by atoms with Gasteiger partial charge in [-0.1, -0.05) is 0 Å². The van der Waals surface area contributed by atoms with Crippen LogP contribution in [-0.2, 0) is 4.74 Å². The minimum absolute atomic E-state index is 0.0366. The molecule has 1 heterocycles. The number of hydrogen-bond acceptors (Lipinski definition) is 5. The molecule has 0 aliphatic rings. The Morgan fingerprint density at radius 1 is 1.39 bits per heavy atom. The predicted molar refractivity (Wildman–Crippen MR) is 64.8 cm³/mol. The number of phenols is 1. The fourth-order valence-electron chi connectivity index (χ4n) is 1.62. The second kappa shape index (κ2) is 4.52. The zero-order valence-corrected chi connectivity index (χ0v) is 10.0. The number of fused-ring (bicyclic) bond motifs is 1. The second-order valence-electron chi connectivity index (χ2n) is 3.84. The van der Waals surface area contributed by atoms with E-state index in [9.17, 15) is 14.7 Å². The number of esters is 1. The molecule has 0 aliphatic carbocycles. The Labute approximate surface area is 103 Å². The number of carbonyl (C=O) groups excluding carboxylic acids is 1. The van der Waals surface area contributed by atoms with Crippen molar-refractivity contribution >= 4 is 16.9 Å². The number of aryl methyl sites for hydroxylation is 1. The fourth-order valence-corrected chi connectivity index (χ4v) is 1.62. The average Bonchev–Trinajstić information content (AvgIpc) is 2.31. The Hall–Kier alpha value is -2.30. The maximum Gasteiger partial charge on any atom is 0.351 e. The van der Waals surface area contributed by atoms with Crippen LogP contribution in [-0.4, -0.2) is 17.7 Å². The van der Waals surface area contributed by atoms with E-state index in [2.05, 4.69) is 0 Å². The molecule has 0 unspecified atom stereocenters. The Bertz CT molecular complexity index is 669. The van der Waals surface area contributed by atoms with Gasteiger partial charge in [0.05, 0.1) is 6.61 Å². The molecule has 1 aromatic carbocycles. The van der Waals surface area contributed by atoms with Crippen molar-refractivity contribution in [2.75, 3.05) is 6.61 Å². The van der Waals surface area contributed by atoms with E-state index in [1.807, 2.05) is 0 Å². The van der Waals surface area contributed by atoms with E-state index in [1.165, 1.54) is 12.1 Å². The van der Waals surface area contributed by atoms with Crippen molar-refractivity contribution in [1.29, 1.82) is 0 Å². The normalized spacial score (nSPS) is 10.6. The molecule has 1 aromatic heterocycles. The minimum atomic E-state index is -0.774. The maximum atomic E-state index is 11.6. The molecule has 0 radical (unpaired) electrons. The second-order valence-corrected chi connectivity index (χ2v) is 3.84. The van der Waals surface area contributed by atoms with Crippen LogP contribution in [0.2, 0.25) is 0 Å². The van der Waals surface area contributed by atoms with Gasteiger partial charge in [-0.3, -0.25) is 0 Å². The molecule has 0 spiro atoms. The van der Waals surface area contributed by atoms with E-state index >= 15 is 0 Å². The summed E-state index contributed by atoms with van der Waals surface area (Å²) in [7, 11) is 0. The molecule has 0 aliphatic heterocycles. The smallest absolute Gasteiger partial charge is 0.351 e. The van der Waals surface area contributed by atoms with E-state index in [-0.39, 0.29) is 23.5 Å². The summed E-state index contributed by atoms with van der Waals surface area (Å²) in [6.07, 6.45) is 0. The van der Waals surface area contributed by atoms with Gasteiger partial charge < -0.3 is 14.3 Å². The van der Waals surface area contributed by atoms with Gasteiger partial charge in [0.25, 0.3) is 0 Å². The van der Waals surface area contributed by atoms with Crippen LogP contribution < -0.4 is 5.63 Å². The first kappa shape index (κ1) is 12.2. The van der Waals surface area contributed by atoms with Crippen molar-refractivity contribution in [2.45, 2.75) is 13.8 Å². The van der Waals surface area contributed by atoms with Gasteiger partial charge in [0, 0.05) is 11.5 Å². The zero-order valence-electron chi connectivity index (χ0n) is 10.0. The summed E-state index contributed by atoms with van der Waals surface area (Å²) in [4.78, 5) is 23.1. The first-order valence-electron chi connectivity index (χ1n) is 5.47. The van der Waals surface area contributed by atoms with Crippen molar-refractivity contribution in [3.05, 3.63) is 39.7 Å². The molecule has 5 heteroatoms. The largest absolute Gasteiger partial charge is 0.508 e. The highest BCUT2D eigenvalue weighted by atomic mass is 16.5. The lowest BCUT2D eigenvalue weighted by molar-refractivity contribution is 0.0522. The lowest BCUT2D eigenvalue weighted by Crippen LogP contribution is -2.16. The van der Waals surface area contributed by atoms with E-state index < -0.39 is 11.6 Å². The van der Waals surface area contributed by atoms with Gasteiger partial charge in [-0.2, -0.15) is 0 Å². The average molecular weight is 248 g/mol. The van der Waals surface area contributed by atoms with Crippen LogP contribution >= 0.6 is 0 Å². The van der Waals surface area contributed by atoms with Crippen molar-refractivity contribution in [2.24, 2.45) is 0 Å². The third-order valence-corrected chi connectivity index (χ3v) is 2.55. The quantitative estimate of drug-likeness (QED) is 0.649. The predicted octanol–water partition coefficient (Wildman–Crippen LogP) is 1.98. The first-order valence-corrected chi connectivity index (χ1v) is 5.47. The molecule has 0 saturated heterocycles. The fraction of sp³-hybridized carbons (Fsp3) is 0.231. The number of benzene rings is 1. The van der Waals surface area contributed by atoms with Crippen molar-refractivity contribution in [1.82, 2.24) is 0 Å². The molecule has 1 N–H and O–H groups in total. The summed E-state index contributed by atoms with van der Waals surface area (Å²) < 4.78 is 9.74. The van der Waals surface area contributed by atoms with E-state index in [0.29, 0.717) is 10.9 Å². The van der Waals surface area contributed by atoms with Gasteiger partial charge in [-0.15, -0.1) is 0 Å². The molecule has 2 aromatic rings. The third kappa shape index (κ3) is 2.07. The number of ether oxygens (including phenoxy) is 1. The van der Waals surface area contributed by atoms with Gasteiger partial charge in [-0.25, -0.2) is 9.59 Å². The van der Waals surface area contributed by atoms with Crippen molar-refractivity contribution < 1.29 is 19.1 Å². The van der Waals surface area contributed by atoms with Crippen LogP contribution in [0, 0.1) is 6.92 Å². The van der Waals surface area contributed by atoms with E-state index in [0.717, 1.165) is 0 Å². The molecule has 2 rings (SSSR count). The molecule has 0 atom stereocenters. The van der Waals surface area contributed by atoms with Crippen molar-refractivity contribution in [3.8, 4) is 5.75 Å². The van der Waals surface area contributed by atoms with Crippen LogP contribution in [0.4, 0.5) is 0 Å². The highest BCUT2D eigenvalue weighted by molar-refractivity contribution is 5.93. The summed E-state index contributed by atoms with van der Waals surface area (Å²) in [5.41, 5.74) is -0.0547. The molecule has 18 heavy (non-hydrogen) atoms. The van der Waals surface area contributed by atoms with Crippen LogP contribution in [0.3, 0.4) is 0 Å². The molecular formula is C13H12O5. The van der Waals surface area contributed by atoms with Gasteiger partial charge in [0.2, 0.25) is 0 Å². The highest BCUT2D eigenvalue weighted by Crippen LogP contribution is 2.23. The summed E-state index contributed by atoms with van der Waals surface area (Å²) in [5, 5.41) is 10.1. The van der Waals surface area contributed by atoms with Gasteiger partial charge in [0.1, 0.15) is 16.9 Å². The number of aromatic hydroxyl groups is 1. The Morgan fingerprint density at radius 3 is 2.78 bits per heavy atom. The zero-order chi connectivity index (χ0) is 13.3. The molecule has 0 amide bonds. The standard InChI is InChI=1S/C13H12O5/c1-3-17-12(15)9-5-8-4-7(2)10(14)6-11(8)18-13(9)16/h4-6,14H,3H2,1-2H3. The third-order valence-electron chi connectivity index (χ3n) is 2.55. The van der Waals surface area contributed by atoms with Crippen LogP contribution in [0.25, 0.3) is 11.0 Å². The minimum Gasteiger partial charge on any atom is -0.508 e. The topological polar surface area (TPSA) is 76.7 Å². The van der Waals surface area contributed by atoms with E-state index in [4.69, 9.17) is 9.15 Å². The Morgan fingerprint density at radius 2 is 2.11 bits per heavy atom. The van der Waals surface area contributed by atoms with Gasteiger partial charge >= 0.3 is 11.6 Å². The van der Waals surface area contributed by atoms with E-state index in [1.54, 1.807) is 19.9 Å². The summed E-state index contributed by atoms with van der Waals surface area (Å²) in [5.74, 6) is -0.673. The van der Waals surface area contributed by atoms with Crippen molar-refractivity contribution in [3.63, 3.8) is 0 Å². The first-order chi connectivity index (χ1) is 8.52. The lowest BCUT2D eigenvalue weighted by atomic mass is 10.1. The summed E-state index contributed by atoms with van der Waals surface area (Å²) in [6.45, 7) is 3.55. The molecule has 0 bridgehead atoms. The van der Waals surface area contributed by atoms with Crippen LogP contribution in [0.15, 0.2) is 27.4 Å². The van der Waals surface area contributed by atoms with Gasteiger partial charge in [-0.05, 0) is 31.5 Å². The number of rotatable bonds is 2. The SMILES string of the molecule is CCOC(=O)c1cc2cc(C)c(O)cc2oc1=O. The number of hydrogen-bond donors (Lipinski definition) is 1. The molecule has 0 saturated carbocycles. The molecule has 5 nitrogen and oxygen atoms in total. The Kier molecular flexibility index (Phi) is 3.06. The maximum absolute atomic E-state index is 11.6. The van der Waals surface area contributed by atoms with Crippen LogP contribution in [0.1, 0.15) is 22.8 Å². The molecule has 0 fully saturated rings. The lowest BCUT2D eigenvalue weighted by Gasteiger charge is -2.04. The van der Waals surface area contributed by atoms with Crippen LogP contribution in [0.5, 0.6) is 5.75 Å². The summed E-state index contributed by atoms with van der Waals surface area (Å²) >= 11 is 0. The molecule has 94 valence electrons. The summed E-state index contributed by atoms with van der Waals surface area (Å²) in [6, 6.07) is 4.39. The highest BCUT2D eigenvalue weighted by Gasteiger charge is 2.15. The number of phenolic OH excluding ortho intramolecular Hbond substituents is 1. The Balaban J connectivity index is 2.65. The van der Waals surface area contributed by atoms with Gasteiger partial charge in [0.15, 0.2) is 0 Å².